The highest BCUT2D eigenvalue weighted by atomic mass is 32.1. The van der Waals surface area contributed by atoms with Crippen LogP contribution in [0.25, 0.3) is 11.3 Å². The number of halogens is 6. The number of rotatable bonds is 5. The van der Waals surface area contributed by atoms with Gasteiger partial charge < -0.3 is 15.2 Å². The molecule has 3 heterocycles. The molecule has 1 unspecified atom stereocenters. The zero-order valence-corrected chi connectivity index (χ0v) is 17.8. The molecule has 0 spiro atoms. The number of benzene rings is 1. The molecular formula is C21H18F6N4OS. The molecular weight excluding hydrogens is 470 g/mol. The van der Waals surface area contributed by atoms with Crippen molar-refractivity contribution >= 4 is 17.2 Å². The van der Waals surface area contributed by atoms with Crippen LogP contribution >= 0.6 is 11.3 Å². The number of hydrogen-bond donors (Lipinski definition) is 1. The van der Waals surface area contributed by atoms with Gasteiger partial charge in [-0.15, -0.1) is 0 Å². The molecule has 0 radical (unpaired) electrons. The normalized spacial score (nSPS) is 14.9. The molecule has 3 aromatic rings. The molecule has 1 aliphatic rings. The molecule has 176 valence electrons. The van der Waals surface area contributed by atoms with E-state index in [2.05, 4.69) is 4.98 Å². The number of nitrogens with zero attached hydrogens (tertiary/aromatic N) is 3. The number of imidazole rings is 1. The summed E-state index contributed by atoms with van der Waals surface area (Å²) in [4.78, 5) is 18.0. The lowest BCUT2D eigenvalue weighted by molar-refractivity contribution is -0.148. The highest BCUT2D eigenvalue weighted by Gasteiger charge is 2.40. The maximum absolute atomic E-state index is 13.9. The van der Waals surface area contributed by atoms with Gasteiger partial charge in [0, 0.05) is 42.6 Å². The number of fused-ring (bicyclic) bond motifs is 1. The quantitative estimate of drug-likeness (QED) is 0.429. The molecule has 1 aromatic carbocycles. The maximum Gasteiger partial charge on any atom is 0.449 e. The van der Waals surface area contributed by atoms with Gasteiger partial charge in [-0.25, -0.2) is 18.2 Å². The Kier molecular flexibility index (Phi) is 6.23. The van der Waals surface area contributed by atoms with E-state index in [4.69, 9.17) is 5.73 Å². The predicted octanol–water partition coefficient (Wildman–Crippen LogP) is 4.35. The summed E-state index contributed by atoms with van der Waals surface area (Å²) in [5.41, 5.74) is 6.72. The predicted molar refractivity (Wildman–Crippen MR) is 109 cm³/mol. The van der Waals surface area contributed by atoms with Gasteiger partial charge in [0.05, 0.1) is 17.9 Å². The van der Waals surface area contributed by atoms with Crippen LogP contribution in [0.2, 0.25) is 0 Å². The second-order valence-corrected chi connectivity index (χ2v) is 8.51. The van der Waals surface area contributed by atoms with Crippen molar-refractivity contribution in [3.8, 4) is 11.3 Å². The van der Waals surface area contributed by atoms with Gasteiger partial charge >= 0.3 is 6.18 Å². The smallest absolute Gasteiger partial charge is 0.335 e. The number of carbonyl (C=O) groups is 1. The fourth-order valence-corrected chi connectivity index (χ4v) is 4.50. The molecule has 0 bridgehead atoms. The van der Waals surface area contributed by atoms with Crippen LogP contribution in [0.5, 0.6) is 0 Å². The molecule has 1 atom stereocenters. The number of nitrogens with two attached hydrogens (primary N) is 1. The standard InChI is InChI=1S/C21H18F6N4OS/c22-14-8-16(24)15(23)6-12(14)5-13(28)7-18(32)30-2-3-31-17(9-30)19(11-1-4-33-10-11)29-20(31)21(25,26)27/h1,4,6,8,10,13H,2-3,5,7,9,28H2. The Bertz CT molecular complexity index is 1170. The molecule has 1 aliphatic heterocycles. The molecule has 5 nitrogen and oxygen atoms in total. The molecule has 0 saturated carbocycles. The van der Waals surface area contributed by atoms with Crippen LogP contribution in [0.4, 0.5) is 26.3 Å². The van der Waals surface area contributed by atoms with Gasteiger partial charge in [0.2, 0.25) is 11.7 Å². The Balaban J connectivity index is 1.51. The first-order valence-electron chi connectivity index (χ1n) is 9.90. The van der Waals surface area contributed by atoms with E-state index in [0.717, 1.165) is 4.57 Å². The third-order valence-electron chi connectivity index (χ3n) is 5.42. The third-order valence-corrected chi connectivity index (χ3v) is 6.10. The molecule has 33 heavy (non-hydrogen) atoms. The van der Waals surface area contributed by atoms with E-state index < -0.39 is 41.4 Å². The zero-order valence-electron chi connectivity index (χ0n) is 17.0. The second kappa shape index (κ2) is 8.82. The van der Waals surface area contributed by atoms with E-state index in [9.17, 15) is 31.1 Å². The lowest BCUT2D eigenvalue weighted by Crippen LogP contribution is -2.42. The van der Waals surface area contributed by atoms with E-state index >= 15 is 0 Å². The lowest BCUT2D eigenvalue weighted by Gasteiger charge is -2.30. The molecule has 2 N–H and O–H groups in total. The van der Waals surface area contributed by atoms with Crippen LogP contribution in [-0.2, 0) is 30.5 Å². The van der Waals surface area contributed by atoms with Crippen molar-refractivity contribution in [1.29, 1.82) is 0 Å². The average Bonchev–Trinajstić information content (AvgIpc) is 3.38. The minimum Gasteiger partial charge on any atom is -0.335 e. The van der Waals surface area contributed by atoms with Crippen molar-refractivity contribution in [3.63, 3.8) is 0 Å². The van der Waals surface area contributed by atoms with Gasteiger partial charge in [-0.3, -0.25) is 4.79 Å². The molecule has 0 fully saturated rings. The summed E-state index contributed by atoms with van der Waals surface area (Å²) in [5.74, 6) is -4.99. The summed E-state index contributed by atoms with van der Waals surface area (Å²) < 4.78 is 81.9. The number of thiophene rings is 1. The molecule has 4 rings (SSSR count). The van der Waals surface area contributed by atoms with Crippen molar-refractivity contribution in [2.24, 2.45) is 5.73 Å². The summed E-state index contributed by atoms with van der Waals surface area (Å²) >= 11 is 1.31. The van der Waals surface area contributed by atoms with Gasteiger partial charge in [-0.2, -0.15) is 24.5 Å². The SMILES string of the molecule is NC(CC(=O)N1CCn2c(C(F)(F)F)nc(-c3ccsc3)c2C1)Cc1cc(F)c(F)cc1F. The van der Waals surface area contributed by atoms with Crippen molar-refractivity contribution in [1.82, 2.24) is 14.5 Å². The Morgan fingerprint density at radius 3 is 2.55 bits per heavy atom. The molecule has 2 aromatic heterocycles. The lowest BCUT2D eigenvalue weighted by atomic mass is 10.0. The molecule has 1 amide bonds. The molecule has 0 saturated heterocycles. The highest BCUT2D eigenvalue weighted by Crippen LogP contribution is 2.36. The summed E-state index contributed by atoms with van der Waals surface area (Å²) in [5, 5.41) is 3.40. The van der Waals surface area contributed by atoms with E-state index in [1.807, 2.05) is 0 Å². The second-order valence-electron chi connectivity index (χ2n) is 7.73. The van der Waals surface area contributed by atoms with Crippen molar-refractivity contribution < 1.29 is 31.1 Å². The Morgan fingerprint density at radius 2 is 1.88 bits per heavy atom. The van der Waals surface area contributed by atoms with Crippen molar-refractivity contribution in [3.05, 3.63) is 63.5 Å². The van der Waals surface area contributed by atoms with E-state index in [-0.39, 0.29) is 49.4 Å². The molecule has 12 heteroatoms. The summed E-state index contributed by atoms with van der Waals surface area (Å²) in [6, 6.07) is 1.86. The number of alkyl halides is 3. The Labute approximate surface area is 188 Å². The Hall–Kier alpha value is -2.86. The van der Waals surface area contributed by atoms with Crippen LogP contribution in [0.15, 0.2) is 29.0 Å². The van der Waals surface area contributed by atoms with Gasteiger partial charge in [-0.05, 0) is 29.5 Å². The van der Waals surface area contributed by atoms with Gasteiger partial charge in [-0.1, -0.05) is 0 Å². The first-order valence-corrected chi connectivity index (χ1v) is 10.8. The third kappa shape index (κ3) is 4.76. The number of aromatic nitrogens is 2. The minimum atomic E-state index is -4.65. The van der Waals surface area contributed by atoms with Crippen molar-refractivity contribution in [2.45, 2.75) is 38.1 Å². The average molecular weight is 488 g/mol. The van der Waals surface area contributed by atoms with Gasteiger partial charge in [0.15, 0.2) is 11.6 Å². The fraction of sp³-hybridized carbons (Fsp3) is 0.333. The van der Waals surface area contributed by atoms with Crippen LogP contribution in [-0.4, -0.2) is 32.9 Å². The van der Waals surface area contributed by atoms with E-state index in [1.165, 1.54) is 16.2 Å². The monoisotopic (exact) mass is 488 g/mol. The van der Waals surface area contributed by atoms with E-state index in [1.54, 1.807) is 16.8 Å². The van der Waals surface area contributed by atoms with E-state index in [0.29, 0.717) is 17.7 Å². The number of hydrogen-bond acceptors (Lipinski definition) is 4. The Morgan fingerprint density at radius 1 is 1.15 bits per heavy atom. The van der Waals surface area contributed by atoms with Crippen molar-refractivity contribution in [2.75, 3.05) is 6.54 Å². The summed E-state index contributed by atoms with van der Waals surface area (Å²) in [6.45, 7) is -0.181. The number of carbonyl (C=O) groups excluding carboxylic acids is 1. The maximum atomic E-state index is 13.9. The van der Waals surface area contributed by atoms with Gasteiger partial charge in [0.25, 0.3) is 0 Å². The summed E-state index contributed by atoms with van der Waals surface area (Å²) in [7, 11) is 0. The zero-order chi connectivity index (χ0) is 23.9. The fourth-order valence-electron chi connectivity index (χ4n) is 3.86. The van der Waals surface area contributed by atoms with Crippen LogP contribution in [0, 0.1) is 17.5 Å². The van der Waals surface area contributed by atoms with Gasteiger partial charge in [0.1, 0.15) is 5.82 Å². The largest absolute Gasteiger partial charge is 0.449 e. The first kappa shape index (κ1) is 23.3. The molecule has 0 aliphatic carbocycles. The topological polar surface area (TPSA) is 64.2 Å². The number of amides is 1. The first-order chi connectivity index (χ1) is 15.5. The van der Waals surface area contributed by atoms with Crippen LogP contribution < -0.4 is 5.73 Å². The summed E-state index contributed by atoms with van der Waals surface area (Å²) in [6.07, 6.45) is -5.10. The highest BCUT2D eigenvalue weighted by molar-refractivity contribution is 7.08. The van der Waals surface area contributed by atoms with Crippen LogP contribution in [0.1, 0.15) is 23.5 Å². The minimum absolute atomic E-state index is 0.0145. The van der Waals surface area contributed by atoms with Crippen LogP contribution in [0.3, 0.4) is 0 Å².